The number of nitrogens with zero attached hydrogens (tertiary/aromatic N) is 2. The van der Waals surface area contributed by atoms with Gasteiger partial charge in [0.1, 0.15) is 0 Å². The van der Waals surface area contributed by atoms with Crippen LogP contribution in [0.5, 0.6) is 5.75 Å². The van der Waals surface area contributed by atoms with Crippen LogP contribution in [0.2, 0.25) is 0 Å². The van der Waals surface area contributed by atoms with Crippen LogP contribution in [-0.2, 0) is 4.74 Å². The van der Waals surface area contributed by atoms with Gasteiger partial charge in [-0.2, -0.15) is 0 Å². The highest BCUT2D eigenvalue weighted by molar-refractivity contribution is 5.88. The van der Waals surface area contributed by atoms with Gasteiger partial charge in [0.25, 0.3) is 6.43 Å². The summed E-state index contributed by atoms with van der Waals surface area (Å²) in [6, 6.07) is 0.198. The zero-order valence-electron chi connectivity index (χ0n) is 9.98. The summed E-state index contributed by atoms with van der Waals surface area (Å²) in [5, 5.41) is 10.7. The van der Waals surface area contributed by atoms with Gasteiger partial charge < -0.3 is 9.47 Å². The predicted octanol–water partition coefficient (Wildman–Crippen LogP) is 2.61. The third-order valence-electron chi connectivity index (χ3n) is 1.99. The maximum absolute atomic E-state index is 12.7. The van der Waals surface area contributed by atoms with Crippen molar-refractivity contribution in [3.63, 3.8) is 0 Å². The molecule has 0 atom stereocenters. The van der Waals surface area contributed by atoms with Crippen LogP contribution in [0.25, 0.3) is 0 Å². The van der Waals surface area contributed by atoms with Crippen molar-refractivity contribution >= 4 is 11.7 Å². The van der Waals surface area contributed by atoms with Crippen LogP contribution in [-0.4, -0.2) is 29.3 Å². The number of carbonyl (C=O) groups excluding carboxylic acids is 1. The van der Waals surface area contributed by atoms with E-state index in [2.05, 4.69) is 14.5 Å². The first-order valence-corrected chi connectivity index (χ1v) is 4.88. The summed E-state index contributed by atoms with van der Waals surface area (Å²) in [5.74, 6) is -2.95. The number of halogens is 5. The van der Waals surface area contributed by atoms with Gasteiger partial charge in [-0.15, -0.1) is 13.2 Å². The average Bonchev–Trinajstić information content (AvgIpc) is 2.34. The van der Waals surface area contributed by atoms with Crippen LogP contribution in [0, 0.1) is 10.1 Å². The summed E-state index contributed by atoms with van der Waals surface area (Å²) in [7, 11) is 0.817. The molecule has 0 spiro atoms. The van der Waals surface area contributed by atoms with E-state index in [0.29, 0.717) is 0 Å². The van der Waals surface area contributed by atoms with Gasteiger partial charge in [-0.05, 0) is 0 Å². The van der Waals surface area contributed by atoms with Crippen molar-refractivity contribution in [3.8, 4) is 5.75 Å². The number of methoxy groups -OCH3 is 1. The van der Waals surface area contributed by atoms with Gasteiger partial charge in [-0.3, -0.25) is 10.1 Å². The Bertz CT molecular complexity index is 574. The molecule has 0 bridgehead atoms. The van der Waals surface area contributed by atoms with Crippen molar-refractivity contribution in [2.24, 2.45) is 0 Å². The van der Waals surface area contributed by atoms with E-state index in [0.717, 1.165) is 7.11 Å². The summed E-state index contributed by atoms with van der Waals surface area (Å²) >= 11 is 0. The predicted molar refractivity (Wildman–Crippen MR) is 53.9 cm³/mol. The number of hydrogen-bond donors (Lipinski definition) is 0. The summed E-state index contributed by atoms with van der Waals surface area (Å²) in [6.45, 7) is 0. The van der Waals surface area contributed by atoms with Gasteiger partial charge in [0.05, 0.1) is 12.0 Å². The number of carbonyl (C=O) groups is 1. The normalized spacial score (nSPS) is 11.4. The lowest BCUT2D eigenvalue weighted by molar-refractivity contribution is -0.390. The molecule has 1 aromatic heterocycles. The van der Waals surface area contributed by atoms with Crippen molar-refractivity contribution in [1.82, 2.24) is 4.98 Å². The third kappa shape index (κ3) is 3.97. The number of ether oxygens (including phenoxy) is 2. The molecular weight excluding hydrogens is 311 g/mol. The Morgan fingerprint density at radius 3 is 2.38 bits per heavy atom. The molecule has 0 aliphatic rings. The Morgan fingerprint density at radius 2 is 2.00 bits per heavy atom. The largest absolute Gasteiger partial charge is 0.573 e. The van der Waals surface area contributed by atoms with E-state index in [1.165, 1.54) is 0 Å². The van der Waals surface area contributed by atoms with Gasteiger partial charge in [0, 0.05) is 6.07 Å². The van der Waals surface area contributed by atoms with Crippen LogP contribution < -0.4 is 4.74 Å². The number of nitro groups is 1. The molecule has 21 heavy (non-hydrogen) atoms. The number of esters is 1. The molecule has 0 N–H and O–H groups in total. The second-order valence-corrected chi connectivity index (χ2v) is 3.34. The molecule has 1 rings (SSSR count). The smallest absolute Gasteiger partial charge is 0.464 e. The number of hydrogen-bond acceptors (Lipinski definition) is 6. The fourth-order valence-corrected chi connectivity index (χ4v) is 1.28. The van der Waals surface area contributed by atoms with E-state index in [4.69, 9.17) is 0 Å². The van der Waals surface area contributed by atoms with E-state index in [-0.39, 0.29) is 6.07 Å². The van der Waals surface area contributed by atoms with Gasteiger partial charge in [0.2, 0.25) is 5.75 Å². The quantitative estimate of drug-likeness (QED) is 0.367. The summed E-state index contributed by atoms with van der Waals surface area (Å²) in [6.07, 6.45) is -9.00. The van der Waals surface area contributed by atoms with Crippen LogP contribution in [0.4, 0.5) is 27.6 Å². The van der Waals surface area contributed by atoms with Gasteiger partial charge in [-0.25, -0.2) is 18.6 Å². The Labute approximate surface area is 112 Å². The van der Waals surface area contributed by atoms with Crippen LogP contribution in [0.15, 0.2) is 6.07 Å². The molecule has 0 fully saturated rings. The molecule has 0 radical (unpaired) electrons. The second kappa shape index (κ2) is 5.85. The minimum atomic E-state index is -5.39. The summed E-state index contributed by atoms with van der Waals surface area (Å²) < 4.78 is 69.3. The molecular formula is C9H5F5N2O5. The fourth-order valence-electron chi connectivity index (χ4n) is 1.28. The lowest BCUT2D eigenvalue weighted by Crippen LogP contribution is -2.20. The summed E-state index contributed by atoms with van der Waals surface area (Å²) in [4.78, 5) is 23.2. The molecule has 0 aliphatic heterocycles. The van der Waals surface area contributed by atoms with E-state index in [1.807, 2.05) is 0 Å². The standard InChI is InChI=1S/C9H5F5N2O5/c1-20-8(17)3-2-4(21-9(12,13)14)6(16(18)19)5(15-3)7(10)11/h2,7H,1H3. The van der Waals surface area contributed by atoms with Crippen molar-refractivity contribution < 1.29 is 41.1 Å². The third-order valence-corrected chi connectivity index (χ3v) is 1.99. The van der Waals surface area contributed by atoms with Gasteiger partial charge in [0.15, 0.2) is 11.4 Å². The highest BCUT2D eigenvalue weighted by Crippen LogP contribution is 2.38. The Hall–Kier alpha value is -2.53. The van der Waals surface area contributed by atoms with Crippen LogP contribution in [0.1, 0.15) is 22.6 Å². The van der Waals surface area contributed by atoms with E-state index in [9.17, 15) is 36.9 Å². The van der Waals surface area contributed by atoms with Crippen molar-refractivity contribution in [3.05, 3.63) is 27.6 Å². The molecule has 0 aliphatic carbocycles. The molecule has 0 saturated carbocycles. The first-order chi connectivity index (χ1) is 9.56. The number of rotatable bonds is 4. The highest BCUT2D eigenvalue weighted by Gasteiger charge is 2.38. The zero-order valence-corrected chi connectivity index (χ0v) is 9.98. The van der Waals surface area contributed by atoms with Crippen LogP contribution >= 0.6 is 0 Å². The SMILES string of the molecule is COC(=O)c1cc(OC(F)(F)F)c([N+](=O)[O-])c(C(F)F)n1. The minimum absolute atomic E-state index is 0.198. The average molecular weight is 316 g/mol. The number of aromatic nitrogens is 1. The second-order valence-electron chi connectivity index (χ2n) is 3.34. The first-order valence-electron chi connectivity index (χ1n) is 4.88. The van der Waals surface area contributed by atoms with E-state index < -0.39 is 46.5 Å². The van der Waals surface area contributed by atoms with E-state index in [1.54, 1.807) is 0 Å². The lowest BCUT2D eigenvalue weighted by atomic mass is 10.2. The lowest BCUT2D eigenvalue weighted by Gasteiger charge is -2.12. The van der Waals surface area contributed by atoms with Crippen LogP contribution in [0.3, 0.4) is 0 Å². The molecule has 0 unspecified atom stereocenters. The maximum Gasteiger partial charge on any atom is 0.573 e. The molecule has 1 aromatic rings. The Morgan fingerprint density at radius 1 is 1.43 bits per heavy atom. The minimum Gasteiger partial charge on any atom is -0.464 e. The van der Waals surface area contributed by atoms with E-state index >= 15 is 0 Å². The summed E-state index contributed by atoms with van der Waals surface area (Å²) in [5.41, 5.74) is -4.31. The molecule has 12 heteroatoms. The fraction of sp³-hybridized carbons (Fsp3) is 0.333. The molecule has 0 amide bonds. The van der Waals surface area contributed by atoms with Gasteiger partial charge >= 0.3 is 18.0 Å². The van der Waals surface area contributed by atoms with Crippen molar-refractivity contribution in [1.29, 1.82) is 0 Å². The molecule has 116 valence electrons. The number of alkyl halides is 5. The molecule has 0 saturated heterocycles. The van der Waals surface area contributed by atoms with Crippen molar-refractivity contribution in [2.75, 3.05) is 7.11 Å². The Balaban J connectivity index is 3.59. The maximum atomic E-state index is 12.7. The topological polar surface area (TPSA) is 91.6 Å². The molecule has 0 aromatic carbocycles. The van der Waals surface area contributed by atoms with Gasteiger partial charge in [-0.1, -0.05) is 0 Å². The molecule has 7 nitrogen and oxygen atoms in total. The van der Waals surface area contributed by atoms with Crippen molar-refractivity contribution in [2.45, 2.75) is 12.8 Å². The highest BCUT2D eigenvalue weighted by atomic mass is 19.4. The Kier molecular flexibility index (Phi) is 4.60. The zero-order chi connectivity index (χ0) is 16.4. The molecule has 1 heterocycles. The first kappa shape index (κ1) is 16.5. The number of pyridine rings is 1. The monoisotopic (exact) mass is 316 g/mol.